The molecule has 10 heteroatoms. The molecular weight excluding hydrogens is 512 g/mol. The van der Waals surface area contributed by atoms with Crippen LogP contribution in [0.3, 0.4) is 0 Å². The monoisotopic (exact) mass is 522 g/mol. The van der Waals surface area contributed by atoms with Crippen LogP contribution in [0.2, 0.25) is 0 Å². The molecule has 0 fully saturated rings. The van der Waals surface area contributed by atoms with Gasteiger partial charge in [-0.25, -0.2) is 4.79 Å². The van der Waals surface area contributed by atoms with E-state index < -0.39 is 22.9 Å². The van der Waals surface area contributed by atoms with E-state index in [1.807, 2.05) is 0 Å². The minimum atomic E-state index is -1.27. The molecule has 1 heterocycles. The average molecular weight is 524 g/mol. The normalized spacial score (nSPS) is 11.5. The number of benzene rings is 2. The number of hydrogen-bond acceptors (Lipinski definition) is 6. The van der Waals surface area contributed by atoms with Gasteiger partial charge in [0, 0.05) is 22.2 Å². The summed E-state index contributed by atoms with van der Waals surface area (Å²) in [6, 6.07) is 15.3. The third-order valence-electron chi connectivity index (χ3n) is 3.76. The highest BCUT2D eigenvalue weighted by atomic mass is 79.9. The van der Waals surface area contributed by atoms with Crippen molar-refractivity contribution >= 4 is 55.1 Å². The van der Waals surface area contributed by atoms with Gasteiger partial charge in [0.2, 0.25) is 11.9 Å². The molecule has 1 N–H and O–H groups in total. The van der Waals surface area contributed by atoms with E-state index in [9.17, 15) is 19.7 Å². The van der Waals surface area contributed by atoms with Crippen molar-refractivity contribution in [1.82, 2.24) is 0 Å². The van der Waals surface area contributed by atoms with Crippen LogP contribution in [0.15, 0.2) is 74.2 Å². The van der Waals surface area contributed by atoms with Crippen LogP contribution >= 0.6 is 31.9 Å². The van der Waals surface area contributed by atoms with Crippen molar-refractivity contribution in [2.24, 2.45) is 0 Å². The number of anilines is 1. The predicted octanol–water partition coefficient (Wildman–Crippen LogP) is 5.25. The van der Waals surface area contributed by atoms with E-state index in [1.54, 1.807) is 30.3 Å². The van der Waals surface area contributed by atoms with Crippen LogP contribution in [0, 0.1) is 10.1 Å². The SMILES string of the molecule is O=C(O[C@H](C(=O)Nc1ccc([N+](=O)[O-])cc1Br)c1ccccc1)c1ccc(Br)o1. The van der Waals surface area contributed by atoms with Gasteiger partial charge in [-0.2, -0.15) is 0 Å². The Bertz CT molecular complexity index is 1070. The quantitative estimate of drug-likeness (QED) is 0.268. The Morgan fingerprint density at radius 3 is 2.38 bits per heavy atom. The van der Waals surface area contributed by atoms with Crippen molar-refractivity contribution in [3.8, 4) is 0 Å². The van der Waals surface area contributed by atoms with Crippen LogP contribution in [0.4, 0.5) is 11.4 Å². The summed E-state index contributed by atoms with van der Waals surface area (Å²) >= 11 is 6.29. The first-order valence-corrected chi connectivity index (χ1v) is 9.70. The molecule has 0 unspecified atom stereocenters. The number of halogens is 2. The molecule has 0 aliphatic heterocycles. The summed E-state index contributed by atoms with van der Waals surface area (Å²) in [5.41, 5.74) is 0.602. The maximum absolute atomic E-state index is 12.9. The first-order chi connectivity index (χ1) is 13.8. The average Bonchev–Trinajstić information content (AvgIpc) is 3.14. The van der Waals surface area contributed by atoms with Crippen LogP contribution in [0.5, 0.6) is 0 Å². The zero-order valence-corrected chi connectivity index (χ0v) is 17.7. The summed E-state index contributed by atoms with van der Waals surface area (Å²) in [6.07, 6.45) is -1.27. The van der Waals surface area contributed by atoms with E-state index in [2.05, 4.69) is 37.2 Å². The fourth-order valence-electron chi connectivity index (χ4n) is 2.41. The number of carbonyl (C=O) groups excluding carboxylic acids is 2. The molecule has 0 radical (unpaired) electrons. The van der Waals surface area contributed by atoms with E-state index >= 15 is 0 Å². The third-order valence-corrected chi connectivity index (χ3v) is 4.84. The van der Waals surface area contributed by atoms with E-state index in [1.165, 1.54) is 30.3 Å². The number of nitrogens with one attached hydrogen (secondary N) is 1. The summed E-state index contributed by atoms with van der Waals surface area (Å²) < 4.78 is 11.2. The summed E-state index contributed by atoms with van der Waals surface area (Å²) in [5, 5.41) is 13.5. The van der Waals surface area contributed by atoms with Gasteiger partial charge < -0.3 is 14.5 Å². The number of hydrogen-bond donors (Lipinski definition) is 1. The molecule has 3 rings (SSSR count). The molecule has 3 aromatic rings. The van der Waals surface area contributed by atoms with Gasteiger partial charge in [0.05, 0.1) is 10.6 Å². The van der Waals surface area contributed by atoms with Crippen molar-refractivity contribution in [3.63, 3.8) is 0 Å². The minimum Gasteiger partial charge on any atom is -0.442 e. The maximum atomic E-state index is 12.9. The van der Waals surface area contributed by atoms with Gasteiger partial charge in [-0.1, -0.05) is 30.3 Å². The molecule has 29 heavy (non-hydrogen) atoms. The minimum absolute atomic E-state index is 0.0675. The molecule has 1 aromatic heterocycles. The lowest BCUT2D eigenvalue weighted by Gasteiger charge is -2.18. The van der Waals surface area contributed by atoms with Gasteiger partial charge in [0.1, 0.15) is 0 Å². The lowest BCUT2D eigenvalue weighted by Crippen LogP contribution is -2.26. The Morgan fingerprint density at radius 1 is 1.07 bits per heavy atom. The number of esters is 1. The van der Waals surface area contributed by atoms with Gasteiger partial charge in [0.25, 0.3) is 11.6 Å². The molecule has 2 aromatic carbocycles. The Labute approximate surface area is 181 Å². The summed E-state index contributed by atoms with van der Waals surface area (Å²) in [6.45, 7) is 0. The van der Waals surface area contributed by atoms with E-state index in [0.29, 0.717) is 20.4 Å². The van der Waals surface area contributed by atoms with Crippen molar-refractivity contribution in [2.45, 2.75) is 6.10 Å². The molecule has 0 aliphatic rings. The lowest BCUT2D eigenvalue weighted by atomic mass is 10.1. The molecule has 1 amide bonds. The van der Waals surface area contributed by atoms with E-state index in [4.69, 9.17) is 9.15 Å². The summed E-state index contributed by atoms with van der Waals surface area (Å²) in [5.74, 6) is -1.52. The molecule has 0 bridgehead atoms. The van der Waals surface area contributed by atoms with Crippen molar-refractivity contribution in [2.75, 3.05) is 5.32 Å². The highest BCUT2D eigenvalue weighted by Crippen LogP contribution is 2.29. The van der Waals surface area contributed by atoms with Crippen LogP contribution < -0.4 is 5.32 Å². The number of amides is 1. The fraction of sp³-hybridized carbons (Fsp3) is 0.0526. The van der Waals surface area contributed by atoms with Crippen molar-refractivity contribution in [1.29, 1.82) is 0 Å². The molecule has 8 nitrogen and oxygen atoms in total. The number of non-ortho nitro benzene ring substituents is 1. The molecular formula is C19H12Br2N2O6. The number of rotatable bonds is 6. The third kappa shape index (κ3) is 5.09. The molecule has 0 saturated heterocycles. The number of nitro groups is 1. The van der Waals surface area contributed by atoms with Crippen LogP contribution in [-0.4, -0.2) is 16.8 Å². The topological polar surface area (TPSA) is 112 Å². The number of furan rings is 1. The number of nitrogens with zero attached hydrogens (tertiary/aromatic N) is 1. The van der Waals surface area contributed by atoms with E-state index in [0.717, 1.165) is 0 Å². The lowest BCUT2D eigenvalue weighted by molar-refractivity contribution is -0.384. The van der Waals surface area contributed by atoms with Gasteiger partial charge in [-0.3, -0.25) is 14.9 Å². The Morgan fingerprint density at radius 2 is 1.79 bits per heavy atom. The van der Waals surface area contributed by atoms with Gasteiger partial charge in [-0.05, 0) is 50.1 Å². The first-order valence-electron chi connectivity index (χ1n) is 8.11. The Hall–Kier alpha value is -2.98. The highest BCUT2D eigenvalue weighted by molar-refractivity contribution is 9.10. The van der Waals surface area contributed by atoms with Gasteiger partial charge >= 0.3 is 5.97 Å². The van der Waals surface area contributed by atoms with Gasteiger partial charge in [0.15, 0.2) is 4.67 Å². The second-order valence-electron chi connectivity index (χ2n) is 5.71. The molecule has 0 saturated carbocycles. The standard InChI is InChI=1S/C19H12Br2N2O6/c20-13-10-12(23(26)27)6-7-14(13)22-18(24)17(11-4-2-1-3-5-11)29-19(25)15-8-9-16(21)28-15/h1-10,17H,(H,22,24)/t17-/m0/s1. The first kappa shape index (κ1) is 20.7. The zero-order chi connectivity index (χ0) is 21.0. The zero-order valence-electron chi connectivity index (χ0n) is 14.5. The van der Waals surface area contributed by atoms with E-state index in [-0.39, 0.29) is 11.4 Å². The fourth-order valence-corrected chi connectivity index (χ4v) is 3.18. The second kappa shape index (κ2) is 9.01. The Balaban J connectivity index is 1.85. The predicted molar refractivity (Wildman–Crippen MR) is 110 cm³/mol. The number of ether oxygens (including phenoxy) is 1. The highest BCUT2D eigenvalue weighted by Gasteiger charge is 2.27. The van der Waals surface area contributed by atoms with Gasteiger partial charge in [-0.15, -0.1) is 0 Å². The molecule has 148 valence electrons. The molecule has 0 aliphatic carbocycles. The summed E-state index contributed by atoms with van der Waals surface area (Å²) in [4.78, 5) is 35.6. The smallest absolute Gasteiger partial charge is 0.375 e. The molecule has 1 atom stereocenters. The maximum Gasteiger partial charge on any atom is 0.375 e. The number of carbonyl (C=O) groups is 2. The Kier molecular flexibility index (Phi) is 6.45. The van der Waals surface area contributed by atoms with Crippen molar-refractivity contribution in [3.05, 3.63) is 91.2 Å². The second-order valence-corrected chi connectivity index (χ2v) is 7.35. The van der Waals surface area contributed by atoms with Crippen LogP contribution in [-0.2, 0) is 9.53 Å². The van der Waals surface area contributed by atoms with Crippen LogP contribution in [0.25, 0.3) is 0 Å². The summed E-state index contributed by atoms with van der Waals surface area (Å²) in [7, 11) is 0. The molecule has 0 spiro atoms. The largest absolute Gasteiger partial charge is 0.442 e. The number of nitro benzene ring substituents is 1. The van der Waals surface area contributed by atoms with Crippen molar-refractivity contribution < 1.29 is 23.7 Å². The van der Waals surface area contributed by atoms with Crippen LogP contribution in [0.1, 0.15) is 22.2 Å².